The van der Waals surface area contributed by atoms with E-state index in [0.717, 1.165) is 11.1 Å². The third-order valence-electron chi connectivity index (χ3n) is 3.94. The van der Waals surface area contributed by atoms with Gasteiger partial charge in [0.2, 0.25) is 17.7 Å². The van der Waals surface area contributed by atoms with Crippen molar-refractivity contribution in [1.82, 2.24) is 10.2 Å². The number of nitrogens with one attached hydrogen (secondary N) is 1. The summed E-state index contributed by atoms with van der Waals surface area (Å²) in [6.07, 6.45) is 0.441. The van der Waals surface area contributed by atoms with Crippen molar-refractivity contribution in [3.8, 4) is 11.5 Å². The molecule has 7 heteroatoms. The number of ether oxygens (including phenoxy) is 1. The van der Waals surface area contributed by atoms with Crippen LogP contribution in [-0.4, -0.2) is 29.2 Å². The Balaban J connectivity index is 1.60. The van der Waals surface area contributed by atoms with Crippen LogP contribution >= 0.6 is 0 Å². The van der Waals surface area contributed by atoms with E-state index < -0.39 is 5.97 Å². The highest BCUT2D eigenvalue weighted by atomic mass is 16.5. The molecule has 1 amide bonds. The van der Waals surface area contributed by atoms with Crippen molar-refractivity contribution >= 4 is 17.6 Å². The molecule has 2 aromatic carbocycles. The second-order valence-corrected chi connectivity index (χ2v) is 5.95. The lowest BCUT2D eigenvalue weighted by Crippen LogP contribution is -2.15. The second kappa shape index (κ2) is 8.27. The maximum absolute atomic E-state index is 12.2. The zero-order valence-corrected chi connectivity index (χ0v) is 15.1. The van der Waals surface area contributed by atoms with E-state index in [-0.39, 0.29) is 12.3 Å². The number of aromatic nitrogens is 2. The van der Waals surface area contributed by atoms with E-state index in [1.165, 1.54) is 7.11 Å². The van der Waals surface area contributed by atoms with Gasteiger partial charge < -0.3 is 14.5 Å². The minimum absolute atomic E-state index is 0.144. The summed E-state index contributed by atoms with van der Waals surface area (Å²) < 4.78 is 10.3. The van der Waals surface area contributed by atoms with Crippen LogP contribution in [0.3, 0.4) is 0 Å². The molecule has 0 saturated heterocycles. The molecule has 0 aliphatic carbocycles. The molecule has 0 saturated carbocycles. The van der Waals surface area contributed by atoms with Crippen LogP contribution in [0.5, 0.6) is 0 Å². The number of esters is 1. The third-order valence-corrected chi connectivity index (χ3v) is 3.94. The van der Waals surface area contributed by atoms with Gasteiger partial charge >= 0.3 is 5.97 Å². The Morgan fingerprint density at radius 3 is 2.56 bits per heavy atom. The maximum atomic E-state index is 12.2. The van der Waals surface area contributed by atoms with E-state index in [1.54, 1.807) is 24.3 Å². The number of benzene rings is 2. The Labute approximate surface area is 156 Å². The summed E-state index contributed by atoms with van der Waals surface area (Å²) in [5.74, 6) is 0.0235. The lowest BCUT2D eigenvalue weighted by molar-refractivity contribution is -0.116. The summed E-state index contributed by atoms with van der Waals surface area (Å²) in [5, 5.41) is 10.7. The molecule has 1 N–H and O–H groups in total. The lowest BCUT2D eigenvalue weighted by Gasteiger charge is -2.08. The van der Waals surface area contributed by atoms with Crippen molar-refractivity contribution in [3.63, 3.8) is 0 Å². The van der Waals surface area contributed by atoms with Gasteiger partial charge in [0.1, 0.15) is 0 Å². The lowest BCUT2D eigenvalue weighted by atomic mass is 10.1. The molecule has 3 rings (SSSR count). The highest BCUT2D eigenvalue weighted by Crippen LogP contribution is 2.19. The first kappa shape index (κ1) is 18.3. The molecule has 1 aromatic heterocycles. The predicted octanol–water partition coefficient (Wildman–Crippen LogP) is 3.40. The molecule has 0 fully saturated rings. The molecule has 0 aliphatic rings. The highest BCUT2D eigenvalue weighted by Gasteiger charge is 2.14. The number of aryl methyl sites for hydroxylation is 2. The van der Waals surface area contributed by atoms with Crippen molar-refractivity contribution < 1.29 is 18.7 Å². The fraction of sp³-hybridized carbons (Fsp3) is 0.200. The number of carbonyl (C=O) groups is 2. The number of anilines is 1. The van der Waals surface area contributed by atoms with Gasteiger partial charge in [-0.05, 0) is 31.2 Å². The number of carbonyl (C=O) groups excluding carboxylic acids is 2. The average molecular weight is 365 g/mol. The molecule has 1 heterocycles. The smallest absolute Gasteiger partial charge is 0.339 e. The number of nitrogens with zero attached hydrogens (tertiary/aromatic N) is 2. The van der Waals surface area contributed by atoms with E-state index >= 15 is 0 Å². The van der Waals surface area contributed by atoms with E-state index in [1.807, 2.05) is 31.2 Å². The molecule has 0 radical (unpaired) electrons. The van der Waals surface area contributed by atoms with Crippen molar-refractivity contribution in [3.05, 3.63) is 65.5 Å². The number of rotatable bonds is 6. The molecule has 7 nitrogen and oxygen atoms in total. The molecule has 0 spiro atoms. The summed E-state index contributed by atoms with van der Waals surface area (Å²) >= 11 is 0. The SMILES string of the molecule is COC(=O)c1ccccc1NC(=O)CCc1nnc(-c2ccc(C)cc2)o1. The summed E-state index contributed by atoms with van der Waals surface area (Å²) in [7, 11) is 1.29. The Morgan fingerprint density at radius 2 is 1.81 bits per heavy atom. The fourth-order valence-electron chi connectivity index (χ4n) is 2.48. The van der Waals surface area contributed by atoms with Gasteiger partial charge in [0.15, 0.2) is 0 Å². The molecule has 0 aliphatic heterocycles. The molecular formula is C20H19N3O4. The van der Waals surface area contributed by atoms with E-state index in [4.69, 9.17) is 9.15 Å². The number of methoxy groups -OCH3 is 1. The summed E-state index contributed by atoms with van der Waals surface area (Å²) in [5.41, 5.74) is 2.67. The predicted molar refractivity (Wildman–Crippen MR) is 99.2 cm³/mol. The van der Waals surface area contributed by atoms with Gasteiger partial charge in [0.05, 0.1) is 18.4 Å². The third kappa shape index (κ3) is 4.58. The van der Waals surface area contributed by atoms with Crippen molar-refractivity contribution in [2.24, 2.45) is 0 Å². The van der Waals surface area contributed by atoms with Crippen LogP contribution < -0.4 is 5.32 Å². The van der Waals surface area contributed by atoms with E-state index in [0.29, 0.717) is 29.5 Å². The van der Waals surface area contributed by atoms with Crippen LogP contribution in [0.15, 0.2) is 52.9 Å². The maximum Gasteiger partial charge on any atom is 0.339 e. The standard InChI is InChI=1S/C20H19N3O4/c1-13-7-9-14(10-8-13)19-23-22-18(27-19)12-11-17(24)21-16-6-4-3-5-15(16)20(25)26-2/h3-10H,11-12H2,1-2H3,(H,21,24). The fourth-order valence-corrected chi connectivity index (χ4v) is 2.48. The van der Waals surface area contributed by atoms with Gasteiger partial charge in [-0.3, -0.25) is 4.79 Å². The van der Waals surface area contributed by atoms with Gasteiger partial charge in [0, 0.05) is 18.4 Å². The molecular weight excluding hydrogens is 346 g/mol. The van der Waals surface area contributed by atoms with Crippen LogP contribution in [0.1, 0.15) is 28.2 Å². The van der Waals surface area contributed by atoms with Gasteiger partial charge in [-0.15, -0.1) is 10.2 Å². The van der Waals surface area contributed by atoms with Crippen LogP contribution in [0.25, 0.3) is 11.5 Å². The van der Waals surface area contributed by atoms with Crippen molar-refractivity contribution in [2.45, 2.75) is 19.8 Å². The first-order chi connectivity index (χ1) is 13.1. The molecule has 0 unspecified atom stereocenters. The summed E-state index contributed by atoms with van der Waals surface area (Å²) in [6, 6.07) is 14.4. The molecule has 138 valence electrons. The number of hydrogen-bond acceptors (Lipinski definition) is 6. The number of amides is 1. The topological polar surface area (TPSA) is 94.3 Å². The number of para-hydroxylation sites is 1. The molecule has 0 atom stereocenters. The zero-order valence-electron chi connectivity index (χ0n) is 15.1. The minimum atomic E-state index is -0.509. The van der Waals surface area contributed by atoms with Crippen LogP contribution in [-0.2, 0) is 16.0 Å². The molecule has 0 bridgehead atoms. The largest absolute Gasteiger partial charge is 0.465 e. The molecule has 27 heavy (non-hydrogen) atoms. The van der Waals surface area contributed by atoms with Gasteiger partial charge in [-0.25, -0.2) is 4.79 Å². The normalized spacial score (nSPS) is 10.4. The molecule has 3 aromatic rings. The minimum Gasteiger partial charge on any atom is -0.465 e. The number of hydrogen-bond donors (Lipinski definition) is 1. The average Bonchev–Trinajstić information content (AvgIpc) is 3.16. The van der Waals surface area contributed by atoms with Gasteiger partial charge in [-0.2, -0.15) is 0 Å². The monoisotopic (exact) mass is 365 g/mol. The summed E-state index contributed by atoms with van der Waals surface area (Å²) in [6.45, 7) is 2.00. The van der Waals surface area contributed by atoms with Crippen LogP contribution in [0, 0.1) is 6.92 Å². The van der Waals surface area contributed by atoms with Crippen molar-refractivity contribution in [2.75, 3.05) is 12.4 Å². The second-order valence-electron chi connectivity index (χ2n) is 5.95. The Bertz CT molecular complexity index is 948. The Kier molecular flexibility index (Phi) is 5.61. The van der Waals surface area contributed by atoms with Gasteiger partial charge in [-0.1, -0.05) is 29.8 Å². The van der Waals surface area contributed by atoms with Crippen molar-refractivity contribution in [1.29, 1.82) is 0 Å². The van der Waals surface area contributed by atoms with E-state index in [9.17, 15) is 9.59 Å². The van der Waals surface area contributed by atoms with E-state index in [2.05, 4.69) is 15.5 Å². The first-order valence-electron chi connectivity index (χ1n) is 8.43. The Morgan fingerprint density at radius 1 is 1.07 bits per heavy atom. The van der Waals surface area contributed by atoms with Crippen LogP contribution in [0.4, 0.5) is 5.69 Å². The van der Waals surface area contributed by atoms with Gasteiger partial charge in [0.25, 0.3) is 0 Å². The van der Waals surface area contributed by atoms with Crippen LogP contribution in [0.2, 0.25) is 0 Å². The zero-order chi connectivity index (χ0) is 19.2. The summed E-state index contributed by atoms with van der Waals surface area (Å²) in [4.78, 5) is 24.0. The first-order valence-corrected chi connectivity index (χ1v) is 8.43. The Hall–Kier alpha value is -3.48. The highest BCUT2D eigenvalue weighted by molar-refractivity contribution is 6.01. The quantitative estimate of drug-likeness (QED) is 0.673.